The Labute approximate surface area is 139 Å². The van der Waals surface area contributed by atoms with Crippen molar-refractivity contribution in [1.29, 1.82) is 5.26 Å². The van der Waals surface area contributed by atoms with Crippen molar-refractivity contribution in [3.63, 3.8) is 0 Å². The summed E-state index contributed by atoms with van der Waals surface area (Å²) in [5.41, 5.74) is 0.428. The predicted octanol–water partition coefficient (Wildman–Crippen LogP) is 2.81. The van der Waals surface area contributed by atoms with Gasteiger partial charge in [0.1, 0.15) is 17.3 Å². The largest absolute Gasteiger partial charge is 0.478 e. The molecule has 3 aromatic rings. The van der Waals surface area contributed by atoms with Crippen LogP contribution >= 0.6 is 11.3 Å². The lowest BCUT2D eigenvalue weighted by Gasteiger charge is -2.08. The number of hydrogen-bond donors (Lipinski definition) is 3. The van der Waals surface area contributed by atoms with E-state index in [0.717, 1.165) is 0 Å². The van der Waals surface area contributed by atoms with Crippen LogP contribution in [0.25, 0.3) is 10.6 Å². The summed E-state index contributed by atoms with van der Waals surface area (Å²) in [5.74, 6) is -0.850. The number of rotatable bonds is 4. The van der Waals surface area contributed by atoms with E-state index in [2.05, 4.69) is 15.3 Å². The number of aromatic amines is 1. The molecule has 0 aliphatic heterocycles. The molecule has 24 heavy (non-hydrogen) atoms. The van der Waals surface area contributed by atoms with Gasteiger partial charge in [0.05, 0.1) is 10.4 Å². The molecule has 0 saturated carbocycles. The number of H-pyrrole nitrogens is 1. The minimum atomic E-state index is -1.02. The van der Waals surface area contributed by atoms with Gasteiger partial charge < -0.3 is 10.4 Å². The van der Waals surface area contributed by atoms with E-state index in [4.69, 9.17) is 5.11 Å². The third kappa shape index (κ3) is 3.02. The van der Waals surface area contributed by atoms with E-state index in [-0.39, 0.29) is 17.1 Å². The van der Waals surface area contributed by atoms with Gasteiger partial charge in [0.25, 0.3) is 5.56 Å². The van der Waals surface area contributed by atoms with Crippen molar-refractivity contribution < 1.29 is 9.90 Å². The van der Waals surface area contributed by atoms with Crippen molar-refractivity contribution in [3.8, 4) is 16.6 Å². The number of nitrogens with zero attached hydrogens (tertiary/aromatic N) is 2. The van der Waals surface area contributed by atoms with E-state index >= 15 is 0 Å². The molecule has 2 aromatic heterocycles. The van der Waals surface area contributed by atoms with E-state index in [1.54, 1.807) is 18.2 Å². The molecule has 0 fully saturated rings. The number of hydrogen-bond acceptors (Lipinski definition) is 6. The number of carboxylic acid groups (broad SMARTS) is 1. The third-order valence-corrected chi connectivity index (χ3v) is 4.06. The molecule has 0 aliphatic rings. The highest BCUT2D eigenvalue weighted by Crippen LogP contribution is 2.25. The van der Waals surface area contributed by atoms with Crippen molar-refractivity contribution in [2.75, 3.05) is 5.32 Å². The quantitative estimate of drug-likeness (QED) is 0.673. The maximum Gasteiger partial charge on any atom is 0.335 e. The summed E-state index contributed by atoms with van der Waals surface area (Å²) in [7, 11) is 0. The van der Waals surface area contributed by atoms with Crippen LogP contribution in [0, 0.1) is 11.3 Å². The fraction of sp³-hybridized carbons (Fsp3) is 0. The van der Waals surface area contributed by atoms with E-state index in [9.17, 15) is 14.9 Å². The maximum atomic E-state index is 12.1. The molecule has 0 amide bonds. The van der Waals surface area contributed by atoms with E-state index in [1.165, 1.54) is 23.5 Å². The van der Waals surface area contributed by atoms with E-state index in [1.807, 2.05) is 17.5 Å². The molecule has 7 nitrogen and oxygen atoms in total. The first-order valence-corrected chi connectivity index (χ1v) is 7.65. The first-order chi connectivity index (χ1) is 11.6. The Morgan fingerprint density at radius 1 is 1.29 bits per heavy atom. The number of carbonyl (C=O) groups is 1. The second-order valence-corrected chi connectivity index (χ2v) is 5.68. The second kappa shape index (κ2) is 6.36. The number of thiophene rings is 1. The van der Waals surface area contributed by atoms with E-state index in [0.29, 0.717) is 16.3 Å². The van der Waals surface area contributed by atoms with Crippen LogP contribution in [-0.4, -0.2) is 21.0 Å². The van der Waals surface area contributed by atoms with Crippen LogP contribution in [0.1, 0.15) is 15.9 Å². The predicted molar refractivity (Wildman–Crippen MR) is 89.6 cm³/mol. The minimum absolute atomic E-state index is 0.0516. The second-order valence-electron chi connectivity index (χ2n) is 4.73. The third-order valence-electron chi connectivity index (χ3n) is 3.18. The molecular weight excluding hydrogens is 328 g/mol. The Hall–Kier alpha value is -3.44. The molecule has 0 saturated heterocycles. The van der Waals surface area contributed by atoms with Gasteiger partial charge in [-0.15, -0.1) is 11.3 Å². The summed E-state index contributed by atoms with van der Waals surface area (Å²) in [6, 6.07) is 11.5. The monoisotopic (exact) mass is 338 g/mol. The molecular formula is C16H10N4O3S. The average molecular weight is 338 g/mol. The lowest BCUT2D eigenvalue weighted by molar-refractivity contribution is 0.0697. The smallest absolute Gasteiger partial charge is 0.335 e. The first kappa shape index (κ1) is 15.5. The van der Waals surface area contributed by atoms with Crippen LogP contribution < -0.4 is 10.9 Å². The summed E-state index contributed by atoms with van der Waals surface area (Å²) in [6.07, 6.45) is 0. The van der Waals surface area contributed by atoms with Crippen molar-refractivity contribution in [2.45, 2.75) is 0 Å². The fourth-order valence-corrected chi connectivity index (χ4v) is 2.78. The maximum absolute atomic E-state index is 12.1. The van der Waals surface area contributed by atoms with Crippen molar-refractivity contribution in [2.24, 2.45) is 0 Å². The summed E-state index contributed by atoms with van der Waals surface area (Å²) in [4.78, 5) is 30.5. The number of anilines is 2. The van der Waals surface area contributed by atoms with Gasteiger partial charge in [-0.2, -0.15) is 5.26 Å². The standard InChI is InChI=1S/C16H10N4O3S/c17-8-11-13(12-2-1-7-24-12)19-16(20-14(11)21)18-10-5-3-9(4-6-10)15(22)23/h1-7H,(H,22,23)(H2,18,19,20,21). The number of aromatic nitrogens is 2. The van der Waals surface area contributed by atoms with Crippen molar-refractivity contribution in [3.05, 3.63) is 63.3 Å². The Kier molecular flexibility index (Phi) is 4.09. The normalized spacial score (nSPS) is 10.1. The van der Waals surface area contributed by atoms with Gasteiger partial charge in [-0.25, -0.2) is 9.78 Å². The fourth-order valence-electron chi connectivity index (χ4n) is 2.06. The van der Waals surface area contributed by atoms with Crippen molar-refractivity contribution in [1.82, 2.24) is 9.97 Å². The van der Waals surface area contributed by atoms with Gasteiger partial charge in [-0.3, -0.25) is 9.78 Å². The summed E-state index contributed by atoms with van der Waals surface area (Å²) in [5, 5.41) is 22.8. The molecule has 0 bridgehead atoms. The highest BCUT2D eigenvalue weighted by molar-refractivity contribution is 7.13. The number of aromatic carboxylic acids is 1. The number of nitriles is 1. The Bertz CT molecular complexity index is 986. The molecule has 2 heterocycles. The number of benzene rings is 1. The zero-order chi connectivity index (χ0) is 17.1. The minimum Gasteiger partial charge on any atom is -0.478 e. The molecule has 8 heteroatoms. The Morgan fingerprint density at radius 3 is 2.62 bits per heavy atom. The van der Waals surface area contributed by atoms with Crippen LogP contribution in [-0.2, 0) is 0 Å². The van der Waals surface area contributed by atoms with Crippen LogP contribution in [0.5, 0.6) is 0 Å². The van der Waals surface area contributed by atoms with Crippen LogP contribution in [0.3, 0.4) is 0 Å². The van der Waals surface area contributed by atoms with Crippen LogP contribution in [0.2, 0.25) is 0 Å². The molecule has 1 aromatic carbocycles. The van der Waals surface area contributed by atoms with Gasteiger partial charge >= 0.3 is 5.97 Å². The lowest BCUT2D eigenvalue weighted by Crippen LogP contribution is -2.15. The SMILES string of the molecule is N#Cc1c(-c2cccs2)nc(Nc2ccc(C(=O)O)cc2)[nH]c1=O. The highest BCUT2D eigenvalue weighted by atomic mass is 32.1. The van der Waals surface area contributed by atoms with Gasteiger partial charge in [0.15, 0.2) is 0 Å². The zero-order valence-corrected chi connectivity index (χ0v) is 12.9. The first-order valence-electron chi connectivity index (χ1n) is 6.77. The number of carboxylic acids is 1. The average Bonchev–Trinajstić information content (AvgIpc) is 3.09. The summed E-state index contributed by atoms with van der Waals surface area (Å²) in [6.45, 7) is 0. The molecule has 0 atom stereocenters. The summed E-state index contributed by atoms with van der Waals surface area (Å²) >= 11 is 1.37. The van der Waals surface area contributed by atoms with Crippen molar-refractivity contribution >= 4 is 28.9 Å². The topological polar surface area (TPSA) is 119 Å². The molecule has 0 unspecified atom stereocenters. The lowest BCUT2D eigenvalue weighted by atomic mass is 10.2. The molecule has 0 aliphatic carbocycles. The zero-order valence-electron chi connectivity index (χ0n) is 12.1. The Morgan fingerprint density at radius 2 is 2.04 bits per heavy atom. The van der Waals surface area contributed by atoms with Gasteiger partial charge in [0.2, 0.25) is 5.95 Å². The van der Waals surface area contributed by atoms with E-state index < -0.39 is 11.5 Å². The van der Waals surface area contributed by atoms with Crippen LogP contribution in [0.4, 0.5) is 11.6 Å². The Balaban J connectivity index is 1.99. The highest BCUT2D eigenvalue weighted by Gasteiger charge is 2.14. The molecule has 3 rings (SSSR count). The molecule has 118 valence electrons. The molecule has 0 spiro atoms. The number of nitrogens with one attached hydrogen (secondary N) is 2. The van der Waals surface area contributed by atoms with Crippen LogP contribution in [0.15, 0.2) is 46.6 Å². The van der Waals surface area contributed by atoms with Gasteiger partial charge in [0, 0.05) is 5.69 Å². The molecule has 3 N–H and O–H groups in total. The summed E-state index contributed by atoms with van der Waals surface area (Å²) < 4.78 is 0. The van der Waals surface area contributed by atoms with Gasteiger partial charge in [-0.05, 0) is 35.7 Å². The molecule has 0 radical (unpaired) electrons. The van der Waals surface area contributed by atoms with Gasteiger partial charge in [-0.1, -0.05) is 6.07 Å².